The van der Waals surface area contributed by atoms with Crippen LogP contribution in [0, 0.1) is 9.39 Å². The molecule has 0 amide bonds. The molecule has 1 aromatic carbocycles. The second-order valence-electron chi connectivity index (χ2n) is 3.03. The van der Waals surface area contributed by atoms with Crippen LogP contribution in [0.3, 0.4) is 0 Å². The number of benzene rings is 1. The molecule has 1 N–H and O–H groups in total. The van der Waals surface area contributed by atoms with Gasteiger partial charge in [-0.05, 0) is 34.7 Å². The van der Waals surface area contributed by atoms with Crippen LogP contribution in [0.25, 0.3) is 11.4 Å². The van der Waals surface area contributed by atoms with Gasteiger partial charge < -0.3 is 5.11 Å². The van der Waals surface area contributed by atoms with Crippen LogP contribution in [0.4, 0.5) is 4.39 Å². The van der Waals surface area contributed by atoms with E-state index in [0.717, 1.165) is 6.07 Å². The summed E-state index contributed by atoms with van der Waals surface area (Å²) in [6.07, 6.45) is 1.53. The molecule has 0 aliphatic rings. The molecule has 0 aliphatic carbocycles. The van der Waals surface area contributed by atoms with Crippen molar-refractivity contribution >= 4 is 34.2 Å². The van der Waals surface area contributed by atoms with E-state index in [1.807, 2.05) is 22.6 Å². The van der Waals surface area contributed by atoms with Crippen molar-refractivity contribution < 1.29 is 9.50 Å². The Morgan fingerprint density at radius 1 is 1.31 bits per heavy atom. The summed E-state index contributed by atoms with van der Waals surface area (Å²) in [7, 11) is 0. The molecule has 0 aliphatic heterocycles. The maximum absolute atomic E-state index is 13.0. The SMILES string of the molecule is Oc1cc(F)cc(-c2ncc(I)c(Cl)n2)c1. The van der Waals surface area contributed by atoms with E-state index < -0.39 is 5.82 Å². The Hall–Kier alpha value is -0.950. The van der Waals surface area contributed by atoms with Crippen LogP contribution in [0.2, 0.25) is 5.15 Å². The summed E-state index contributed by atoms with van der Waals surface area (Å²) in [6, 6.07) is 3.62. The van der Waals surface area contributed by atoms with E-state index in [-0.39, 0.29) is 11.6 Å². The molecule has 0 fully saturated rings. The molecule has 0 saturated carbocycles. The van der Waals surface area contributed by atoms with Crippen molar-refractivity contribution in [3.8, 4) is 17.1 Å². The topological polar surface area (TPSA) is 46.0 Å². The third kappa shape index (κ3) is 2.41. The van der Waals surface area contributed by atoms with Gasteiger partial charge in [0.1, 0.15) is 16.7 Å². The highest BCUT2D eigenvalue weighted by molar-refractivity contribution is 14.1. The van der Waals surface area contributed by atoms with E-state index >= 15 is 0 Å². The van der Waals surface area contributed by atoms with Gasteiger partial charge >= 0.3 is 0 Å². The molecule has 2 rings (SSSR count). The maximum Gasteiger partial charge on any atom is 0.161 e. The van der Waals surface area contributed by atoms with Gasteiger partial charge in [0.15, 0.2) is 5.82 Å². The Morgan fingerprint density at radius 2 is 2.06 bits per heavy atom. The van der Waals surface area contributed by atoms with Gasteiger partial charge in [-0.3, -0.25) is 0 Å². The Balaban J connectivity index is 2.54. The number of halogens is 3. The lowest BCUT2D eigenvalue weighted by Crippen LogP contribution is -1.92. The van der Waals surface area contributed by atoms with Gasteiger partial charge in [-0.1, -0.05) is 11.6 Å². The minimum absolute atomic E-state index is 0.173. The first kappa shape index (κ1) is 11.5. The highest BCUT2D eigenvalue weighted by Gasteiger charge is 2.07. The van der Waals surface area contributed by atoms with Crippen LogP contribution in [-0.4, -0.2) is 15.1 Å². The Bertz CT molecular complexity index is 530. The van der Waals surface area contributed by atoms with Gasteiger partial charge in [0.05, 0.1) is 3.57 Å². The summed E-state index contributed by atoms with van der Waals surface area (Å²) in [5.41, 5.74) is 0.385. The molecule has 0 spiro atoms. The molecule has 0 atom stereocenters. The predicted molar refractivity (Wildman–Crippen MR) is 66.8 cm³/mol. The van der Waals surface area contributed by atoms with Crippen molar-refractivity contribution in [3.05, 3.63) is 38.9 Å². The second kappa shape index (κ2) is 4.50. The molecule has 3 nitrogen and oxygen atoms in total. The Morgan fingerprint density at radius 3 is 2.69 bits per heavy atom. The molecule has 0 unspecified atom stereocenters. The molecule has 0 radical (unpaired) electrons. The lowest BCUT2D eigenvalue weighted by Gasteiger charge is -2.02. The number of hydrogen-bond donors (Lipinski definition) is 1. The number of hydrogen-bond acceptors (Lipinski definition) is 3. The van der Waals surface area contributed by atoms with Crippen molar-refractivity contribution in [2.75, 3.05) is 0 Å². The maximum atomic E-state index is 13.0. The Kier molecular flexibility index (Phi) is 3.25. The second-order valence-corrected chi connectivity index (χ2v) is 4.55. The largest absolute Gasteiger partial charge is 0.508 e. The summed E-state index contributed by atoms with van der Waals surface area (Å²) in [4.78, 5) is 8.00. The fourth-order valence-corrected chi connectivity index (χ4v) is 1.58. The highest BCUT2D eigenvalue weighted by atomic mass is 127. The zero-order valence-electron chi connectivity index (χ0n) is 7.78. The van der Waals surface area contributed by atoms with E-state index in [4.69, 9.17) is 11.6 Å². The van der Waals surface area contributed by atoms with Crippen molar-refractivity contribution in [2.24, 2.45) is 0 Å². The standard InChI is InChI=1S/C10H5ClFIN2O/c11-9-8(13)4-14-10(15-9)5-1-6(12)3-7(16)2-5/h1-4,16H. The van der Waals surface area contributed by atoms with Crippen LogP contribution in [0.5, 0.6) is 5.75 Å². The minimum atomic E-state index is -0.548. The molecular formula is C10H5ClFIN2O. The van der Waals surface area contributed by atoms with Gasteiger partial charge in [0.2, 0.25) is 0 Å². The minimum Gasteiger partial charge on any atom is -0.508 e. The van der Waals surface area contributed by atoms with Gasteiger partial charge in [0, 0.05) is 17.8 Å². The molecule has 16 heavy (non-hydrogen) atoms. The third-order valence-corrected chi connectivity index (χ3v) is 3.24. The number of nitrogens with zero attached hydrogens (tertiary/aromatic N) is 2. The smallest absolute Gasteiger partial charge is 0.161 e. The molecule has 82 valence electrons. The summed E-state index contributed by atoms with van der Waals surface area (Å²) in [6.45, 7) is 0. The van der Waals surface area contributed by atoms with E-state index in [0.29, 0.717) is 14.3 Å². The Labute approximate surface area is 109 Å². The third-order valence-electron chi connectivity index (χ3n) is 1.84. The molecule has 2 aromatic rings. The molecule has 0 saturated heterocycles. The zero-order valence-corrected chi connectivity index (χ0v) is 10.7. The van der Waals surface area contributed by atoms with Crippen molar-refractivity contribution in [2.45, 2.75) is 0 Å². The summed E-state index contributed by atoms with van der Waals surface area (Å²) < 4.78 is 13.8. The van der Waals surface area contributed by atoms with E-state index in [9.17, 15) is 9.50 Å². The highest BCUT2D eigenvalue weighted by Crippen LogP contribution is 2.24. The van der Waals surface area contributed by atoms with Gasteiger partial charge in [-0.25, -0.2) is 14.4 Å². The zero-order chi connectivity index (χ0) is 11.7. The van der Waals surface area contributed by atoms with Crippen molar-refractivity contribution in [1.29, 1.82) is 0 Å². The predicted octanol–water partition coefficient (Wildman–Crippen LogP) is 3.25. The lowest BCUT2D eigenvalue weighted by atomic mass is 10.2. The van der Waals surface area contributed by atoms with Crippen molar-refractivity contribution in [1.82, 2.24) is 9.97 Å². The summed E-state index contributed by atoms with van der Waals surface area (Å²) in [5.74, 6) is -0.443. The first-order valence-electron chi connectivity index (χ1n) is 4.24. The van der Waals surface area contributed by atoms with Crippen LogP contribution < -0.4 is 0 Å². The molecule has 1 aromatic heterocycles. The van der Waals surface area contributed by atoms with Crippen LogP contribution in [-0.2, 0) is 0 Å². The van der Waals surface area contributed by atoms with E-state index in [2.05, 4.69) is 9.97 Å². The first-order chi connectivity index (χ1) is 7.56. The lowest BCUT2D eigenvalue weighted by molar-refractivity contribution is 0.469. The number of aromatic nitrogens is 2. The average Bonchev–Trinajstić information content (AvgIpc) is 2.20. The van der Waals surface area contributed by atoms with Crippen LogP contribution >= 0.6 is 34.2 Å². The van der Waals surface area contributed by atoms with E-state index in [1.165, 1.54) is 18.3 Å². The van der Waals surface area contributed by atoms with Crippen molar-refractivity contribution in [3.63, 3.8) is 0 Å². The average molecular weight is 351 g/mol. The van der Waals surface area contributed by atoms with Gasteiger partial charge in [-0.15, -0.1) is 0 Å². The summed E-state index contributed by atoms with van der Waals surface area (Å²) in [5, 5.41) is 9.55. The molecule has 1 heterocycles. The van der Waals surface area contributed by atoms with Gasteiger partial charge in [0.25, 0.3) is 0 Å². The quantitative estimate of drug-likeness (QED) is 0.634. The molecular weight excluding hydrogens is 345 g/mol. The van der Waals surface area contributed by atoms with Crippen LogP contribution in [0.15, 0.2) is 24.4 Å². The molecule has 6 heteroatoms. The normalized spacial score (nSPS) is 10.4. The fraction of sp³-hybridized carbons (Fsp3) is 0. The number of phenolic OH excluding ortho intramolecular Hbond substituents is 1. The van der Waals surface area contributed by atoms with Crippen LogP contribution in [0.1, 0.15) is 0 Å². The summed E-state index contributed by atoms with van der Waals surface area (Å²) >= 11 is 7.82. The van der Waals surface area contributed by atoms with E-state index in [1.54, 1.807) is 0 Å². The van der Waals surface area contributed by atoms with Gasteiger partial charge in [-0.2, -0.15) is 0 Å². The number of phenols is 1. The number of aromatic hydroxyl groups is 1. The first-order valence-corrected chi connectivity index (χ1v) is 5.70. The number of rotatable bonds is 1. The molecule has 0 bridgehead atoms. The monoisotopic (exact) mass is 350 g/mol. The fourth-order valence-electron chi connectivity index (χ4n) is 1.19.